The van der Waals surface area contributed by atoms with E-state index in [1.807, 2.05) is 13.8 Å². The van der Waals surface area contributed by atoms with Crippen molar-refractivity contribution < 1.29 is 57.8 Å². The Morgan fingerprint density at radius 2 is 1.46 bits per heavy atom. The number of nitrogens with two attached hydrogens (primary N) is 3. The maximum atomic E-state index is 14.5. The summed E-state index contributed by atoms with van der Waals surface area (Å²) in [5.74, 6) is -9.37. The van der Waals surface area contributed by atoms with Gasteiger partial charge in [-0.15, -0.1) is 0 Å². The Balaban J connectivity index is 2.02. The lowest BCUT2D eigenvalue weighted by Crippen LogP contribution is -2.61. The van der Waals surface area contributed by atoms with E-state index >= 15 is 0 Å². The topological polar surface area (TPSA) is 374 Å². The van der Waals surface area contributed by atoms with Gasteiger partial charge >= 0.3 is 0 Å². The number of phenolic OH excluding ortho intramolecular Hbond substituents is 1. The van der Waals surface area contributed by atoms with Gasteiger partial charge < -0.3 is 64.4 Å². The van der Waals surface area contributed by atoms with Gasteiger partial charge in [-0.1, -0.05) is 46.2 Å². The fourth-order valence-corrected chi connectivity index (χ4v) is 8.53. The molecule has 0 aliphatic carbocycles. The van der Waals surface area contributed by atoms with E-state index in [-0.39, 0.29) is 68.2 Å². The minimum absolute atomic E-state index is 0.0227. The van der Waals surface area contributed by atoms with Crippen molar-refractivity contribution in [3.8, 4) is 5.75 Å². The standard InChI is InChI=1S/C44H67N11O12S/c1-5-24(4)37-43(66)50-27(14-15-33(45)57)39(62)51-30(20-34(46)58)40(63)53-31(22-68-17-7-9-36(60)49-29(41(64)54-37)19-25-10-12-26(56)13-11-25)44(67)55-16-6-8-32(55)42(65)52-28(18-23(2)3)38(61)48-21-35(47)59/h10-13,23-24,27-32,37,56H,5-9,14-22H2,1-4H3,(H2,45,57)(H2,46,58)(H2,47,59)(H,48,61)(H,49,60)(H,50,66)(H,51,62)(H,52,65)(H,53,63)(H,54,64)/t24-,27-,28-,29-,30-,31-,32-,37-/m0/s1. The van der Waals surface area contributed by atoms with Crippen LogP contribution in [0.1, 0.15) is 91.0 Å². The Hall–Kier alpha value is -6.46. The zero-order valence-electron chi connectivity index (χ0n) is 38.9. The third-order valence-corrected chi connectivity index (χ3v) is 12.5. The minimum atomic E-state index is -1.72. The van der Waals surface area contributed by atoms with Crippen LogP contribution in [0.15, 0.2) is 24.3 Å². The van der Waals surface area contributed by atoms with Crippen LogP contribution in [0.5, 0.6) is 5.75 Å². The molecule has 376 valence electrons. The zero-order chi connectivity index (χ0) is 50.7. The maximum absolute atomic E-state index is 14.5. The molecule has 11 amide bonds. The Bertz CT molecular complexity index is 2010. The molecule has 24 heteroatoms. The van der Waals surface area contributed by atoms with Gasteiger partial charge in [0.2, 0.25) is 65.0 Å². The number of benzene rings is 1. The summed E-state index contributed by atoms with van der Waals surface area (Å²) in [5.41, 5.74) is 16.7. The van der Waals surface area contributed by atoms with Crippen LogP contribution in [0, 0.1) is 11.8 Å². The first-order chi connectivity index (χ1) is 32.1. The van der Waals surface area contributed by atoms with Gasteiger partial charge in [0.25, 0.3) is 0 Å². The third-order valence-electron chi connectivity index (χ3n) is 11.4. The summed E-state index contributed by atoms with van der Waals surface area (Å²) in [4.78, 5) is 148. The van der Waals surface area contributed by atoms with E-state index in [1.165, 1.54) is 28.8 Å². The van der Waals surface area contributed by atoms with Crippen LogP contribution >= 0.6 is 11.8 Å². The molecule has 0 aromatic heterocycles. The highest BCUT2D eigenvalue weighted by Gasteiger charge is 2.40. The number of carbonyl (C=O) groups excluding carboxylic acids is 11. The number of hydrogen-bond acceptors (Lipinski definition) is 13. The van der Waals surface area contributed by atoms with E-state index in [2.05, 4.69) is 37.2 Å². The lowest BCUT2D eigenvalue weighted by atomic mass is 9.96. The molecule has 0 radical (unpaired) electrons. The number of hydrogen-bond donors (Lipinski definition) is 11. The quantitative estimate of drug-likeness (QED) is 0.0753. The lowest BCUT2D eigenvalue weighted by molar-refractivity contribution is -0.142. The highest BCUT2D eigenvalue weighted by atomic mass is 32.2. The van der Waals surface area contributed by atoms with Crippen LogP contribution < -0.4 is 54.4 Å². The van der Waals surface area contributed by atoms with Crippen molar-refractivity contribution in [2.75, 3.05) is 24.6 Å². The summed E-state index contributed by atoms with van der Waals surface area (Å²) < 4.78 is 0. The van der Waals surface area contributed by atoms with Crippen molar-refractivity contribution in [3.63, 3.8) is 0 Å². The molecular formula is C44H67N11O12S. The van der Waals surface area contributed by atoms with Gasteiger partial charge in [0.15, 0.2) is 0 Å². The maximum Gasteiger partial charge on any atom is 0.246 e. The van der Waals surface area contributed by atoms with E-state index in [1.54, 1.807) is 26.0 Å². The van der Waals surface area contributed by atoms with Crippen molar-refractivity contribution in [1.29, 1.82) is 0 Å². The number of carbonyl (C=O) groups is 11. The summed E-state index contributed by atoms with van der Waals surface area (Å²) in [6, 6.07) is -3.37. The molecule has 68 heavy (non-hydrogen) atoms. The van der Waals surface area contributed by atoms with Gasteiger partial charge in [-0.2, -0.15) is 11.8 Å². The molecule has 0 spiro atoms. The first-order valence-corrected chi connectivity index (χ1v) is 23.8. The summed E-state index contributed by atoms with van der Waals surface area (Å²) in [6.45, 7) is 6.70. The van der Waals surface area contributed by atoms with Gasteiger partial charge in [-0.05, 0) is 67.4 Å². The Morgan fingerprint density at radius 1 is 0.809 bits per heavy atom. The molecule has 0 saturated carbocycles. The Kier molecular flexibility index (Phi) is 22.5. The van der Waals surface area contributed by atoms with E-state index in [0.29, 0.717) is 18.4 Å². The largest absolute Gasteiger partial charge is 0.508 e. The second kappa shape index (κ2) is 27.4. The highest BCUT2D eigenvalue weighted by molar-refractivity contribution is 7.99. The zero-order valence-corrected chi connectivity index (χ0v) is 39.7. The van der Waals surface area contributed by atoms with E-state index in [0.717, 1.165) is 0 Å². The van der Waals surface area contributed by atoms with Crippen LogP contribution in [0.2, 0.25) is 0 Å². The number of amides is 11. The fourth-order valence-electron chi connectivity index (χ4n) is 7.55. The average Bonchev–Trinajstić information content (AvgIpc) is 3.77. The van der Waals surface area contributed by atoms with E-state index < -0.39 is 133 Å². The normalized spacial score (nSPS) is 23.4. The number of aromatic hydroxyl groups is 1. The highest BCUT2D eigenvalue weighted by Crippen LogP contribution is 2.22. The molecule has 8 atom stereocenters. The number of rotatable bonds is 17. The summed E-state index contributed by atoms with van der Waals surface area (Å²) in [6.07, 6.45) is -0.330. The van der Waals surface area contributed by atoms with Gasteiger partial charge in [0.1, 0.15) is 48.0 Å². The number of nitrogens with one attached hydrogen (secondary N) is 7. The first kappa shape index (κ1) is 55.9. The summed E-state index contributed by atoms with van der Waals surface area (Å²) in [7, 11) is 0. The fraction of sp³-hybridized carbons (Fsp3) is 0.614. The van der Waals surface area contributed by atoms with E-state index in [9.17, 15) is 57.8 Å². The van der Waals surface area contributed by atoms with E-state index in [4.69, 9.17) is 17.2 Å². The summed E-state index contributed by atoms with van der Waals surface area (Å²) in [5, 5.41) is 27.9. The summed E-state index contributed by atoms with van der Waals surface area (Å²) >= 11 is 1.17. The molecule has 2 aliphatic rings. The molecule has 2 saturated heterocycles. The molecule has 0 bridgehead atoms. The molecular weight excluding hydrogens is 907 g/mol. The van der Waals surface area contributed by atoms with Crippen molar-refractivity contribution >= 4 is 76.7 Å². The Labute approximate surface area is 399 Å². The SMILES string of the molecule is CC[C@H](C)[C@@H]1NC(=O)[C@H](Cc2ccc(O)cc2)NC(=O)CCCSC[C@@H](C(=O)N2CCC[C@H]2C(=O)N[C@@H](CC(C)C)C(=O)NCC(N)=O)NC(=O)[C@H](CC(N)=O)NC(=O)[C@H](CCC(N)=O)NC1=O. The second-order valence-corrected chi connectivity index (χ2v) is 18.6. The van der Waals surface area contributed by atoms with Crippen LogP contribution in [0.3, 0.4) is 0 Å². The molecule has 2 aliphatic heterocycles. The number of likely N-dealkylation sites (tertiary alicyclic amines) is 1. The van der Waals surface area contributed by atoms with Crippen LogP contribution in [-0.2, 0) is 59.2 Å². The number of nitrogens with zero attached hydrogens (tertiary/aromatic N) is 1. The lowest BCUT2D eigenvalue weighted by Gasteiger charge is -2.31. The molecule has 3 rings (SSSR count). The number of thioether (sulfide) groups is 1. The number of primary amides is 3. The van der Waals surface area contributed by atoms with Crippen molar-refractivity contribution in [1.82, 2.24) is 42.1 Å². The van der Waals surface area contributed by atoms with Gasteiger partial charge in [0, 0.05) is 31.6 Å². The van der Waals surface area contributed by atoms with Crippen molar-refractivity contribution in [2.45, 2.75) is 134 Å². The smallest absolute Gasteiger partial charge is 0.246 e. The van der Waals surface area contributed by atoms with Crippen molar-refractivity contribution in [3.05, 3.63) is 29.8 Å². The molecule has 23 nitrogen and oxygen atoms in total. The Morgan fingerprint density at radius 3 is 2.07 bits per heavy atom. The molecule has 1 aromatic carbocycles. The monoisotopic (exact) mass is 973 g/mol. The second-order valence-electron chi connectivity index (χ2n) is 17.5. The van der Waals surface area contributed by atoms with Crippen LogP contribution in [-0.4, -0.2) is 142 Å². The van der Waals surface area contributed by atoms with Crippen molar-refractivity contribution in [2.24, 2.45) is 29.0 Å². The van der Waals surface area contributed by atoms with Crippen LogP contribution in [0.4, 0.5) is 0 Å². The molecule has 0 unspecified atom stereocenters. The predicted molar refractivity (Wildman–Crippen MR) is 248 cm³/mol. The molecule has 2 fully saturated rings. The average molecular weight is 974 g/mol. The molecule has 14 N–H and O–H groups in total. The van der Waals surface area contributed by atoms with Crippen LogP contribution in [0.25, 0.3) is 0 Å². The van der Waals surface area contributed by atoms with Gasteiger partial charge in [-0.25, -0.2) is 0 Å². The molecule has 2 heterocycles. The predicted octanol–water partition coefficient (Wildman–Crippen LogP) is -2.80. The van der Waals surface area contributed by atoms with Gasteiger partial charge in [0.05, 0.1) is 13.0 Å². The number of phenols is 1. The first-order valence-electron chi connectivity index (χ1n) is 22.7. The van der Waals surface area contributed by atoms with Gasteiger partial charge in [-0.3, -0.25) is 52.7 Å². The minimum Gasteiger partial charge on any atom is -0.508 e. The third kappa shape index (κ3) is 18.3. The molecule has 1 aromatic rings.